The molecule has 2 aromatic rings. The minimum absolute atomic E-state index is 0.0410. The molecule has 0 aliphatic rings. The largest absolute Gasteiger partial charge is 0.406 e. The van der Waals surface area contributed by atoms with Crippen molar-refractivity contribution < 1.29 is 18.0 Å². The van der Waals surface area contributed by atoms with Crippen LogP contribution in [0.2, 0.25) is 0 Å². The van der Waals surface area contributed by atoms with Crippen molar-refractivity contribution in [3.8, 4) is 0 Å². The van der Waals surface area contributed by atoms with Gasteiger partial charge in [-0.3, -0.25) is 4.79 Å². The van der Waals surface area contributed by atoms with Crippen LogP contribution in [0.5, 0.6) is 0 Å². The van der Waals surface area contributed by atoms with E-state index in [2.05, 4.69) is 21.2 Å². The highest BCUT2D eigenvalue weighted by Crippen LogP contribution is 2.24. The van der Waals surface area contributed by atoms with E-state index in [0.29, 0.717) is 10.2 Å². The minimum atomic E-state index is -4.38. The van der Waals surface area contributed by atoms with E-state index in [1.165, 1.54) is 18.3 Å². The lowest BCUT2D eigenvalue weighted by molar-refractivity contribution is -0.140. The molecule has 1 aromatic heterocycles. The average molecular weight is 361 g/mol. The number of aromatic nitrogens is 1. The van der Waals surface area contributed by atoms with E-state index in [-0.39, 0.29) is 5.69 Å². The first-order chi connectivity index (χ1) is 9.76. The van der Waals surface area contributed by atoms with Crippen molar-refractivity contribution in [2.24, 2.45) is 0 Å². The van der Waals surface area contributed by atoms with Crippen LogP contribution in [0.25, 0.3) is 0 Å². The lowest BCUT2D eigenvalue weighted by atomic mass is 10.2. The smallest absolute Gasteiger partial charge is 0.334 e. The Balaban J connectivity index is 2.21. The highest BCUT2D eigenvalue weighted by atomic mass is 79.9. The number of benzene rings is 1. The van der Waals surface area contributed by atoms with Gasteiger partial charge < -0.3 is 9.88 Å². The Bertz CT molecular complexity index is 664. The molecule has 2 rings (SSSR count). The van der Waals surface area contributed by atoms with Gasteiger partial charge in [0, 0.05) is 10.7 Å². The first-order valence-corrected chi connectivity index (χ1v) is 6.85. The summed E-state index contributed by atoms with van der Waals surface area (Å²) in [4.78, 5) is 12.1. The molecule has 1 heterocycles. The molecular formula is C14H12BrF3N2O. The monoisotopic (exact) mass is 360 g/mol. The number of halogens is 4. The summed E-state index contributed by atoms with van der Waals surface area (Å²) in [6.07, 6.45) is -3.15. The van der Waals surface area contributed by atoms with Crippen LogP contribution >= 0.6 is 15.9 Å². The van der Waals surface area contributed by atoms with E-state index in [4.69, 9.17) is 0 Å². The van der Waals surface area contributed by atoms with Crippen LogP contribution in [0.15, 0.2) is 41.0 Å². The Morgan fingerprint density at radius 1 is 1.33 bits per heavy atom. The standard InChI is InChI=1S/C14H12BrF3N2O/c1-9-4-5-10(15)11(7-9)19-13(21)12-3-2-6-20(12)8-14(16,17)18/h2-7H,8H2,1H3,(H,19,21). The maximum absolute atomic E-state index is 12.4. The maximum Gasteiger partial charge on any atom is 0.406 e. The molecule has 0 atom stereocenters. The number of nitrogens with one attached hydrogen (secondary N) is 1. The normalized spacial score (nSPS) is 11.5. The Hall–Kier alpha value is -1.76. The van der Waals surface area contributed by atoms with Gasteiger partial charge in [0.05, 0.1) is 5.69 Å². The van der Waals surface area contributed by atoms with Crippen LogP contribution in [0.1, 0.15) is 16.1 Å². The zero-order valence-electron chi connectivity index (χ0n) is 11.0. The number of carbonyl (C=O) groups is 1. The number of nitrogens with zero attached hydrogens (tertiary/aromatic N) is 1. The highest BCUT2D eigenvalue weighted by molar-refractivity contribution is 9.10. The molecule has 1 aromatic carbocycles. The second-order valence-corrected chi connectivity index (χ2v) is 5.43. The summed E-state index contributed by atoms with van der Waals surface area (Å²) in [6.45, 7) is 0.659. The third-order valence-corrected chi connectivity index (χ3v) is 3.47. The number of rotatable bonds is 3. The second-order valence-electron chi connectivity index (χ2n) is 4.57. The number of hydrogen-bond acceptors (Lipinski definition) is 1. The molecular weight excluding hydrogens is 349 g/mol. The molecule has 112 valence electrons. The van der Waals surface area contributed by atoms with Crippen molar-refractivity contribution in [1.29, 1.82) is 0 Å². The van der Waals surface area contributed by atoms with E-state index in [1.54, 1.807) is 12.1 Å². The molecule has 3 nitrogen and oxygen atoms in total. The summed E-state index contributed by atoms with van der Waals surface area (Å²) in [5.74, 6) is -0.587. The molecule has 0 spiro atoms. The molecule has 0 aliphatic carbocycles. The lowest BCUT2D eigenvalue weighted by Gasteiger charge is -2.13. The van der Waals surface area contributed by atoms with Crippen LogP contribution in [-0.2, 0) is 6.54 Å². The maximum atomic E-state index is 12.4. The summed E-state index contributed by atoms with van der Waals surface area (Å²) in [6, 6.07) is 8.11. The van der Waals surface area contributed by atoms with Gasteiger partial charge in [-0.05, 0) is 52.7 Å². The molecule has 7 heteroatoms. The lowest BCUT2D eigenvalue weighted by Crippen LogP contribution is -2.23. The molecule has 1 amide bonds. The molecule has 0 unspecified atom stereocenters. The number of amides is 1. The first-order valence-electron chi connectivity index (χ1n) is 6.06. The van der Waals surface area contributed by atoms with Gasteiger partial charge in [0.1, 0.15) is 12.2 Å². The fraction of sp³-hybridized carbons (Fsp3) is 0.214. The van der Waals surface area contributed by atoms with E-state index in [1.807, 2.05) is 13.0 Å². The summed E-state index contributed by atoms with van der Waals surface area (Å²) in [5.41, 5.74) is 1.40. The molecule has 0 saturated heterocycles. The predicted octanol–water partition coefficient (Wildman–Crippen LogP) is 4.37. The van der Waals surface area contributed by atoms with Crippen LogP contribution < -0.4 is 5.32 Å². The van der Waals surface area contributed by atoms with Crippen LogP contribution in [-0.4, -0.2) is 16.7 Å². The van der Waals surface area contributed by atoms with Crippen LogP contribution in [0, 0.1) is 6.92 Å². The third-order valence-electron chi connectivity index (χ3n) is 2.78. The molecule has 0 saturated carbocycles. The van der Waals surface area contributed by atoms with Crippen molar-refractivity contribution in [2.45, 2.75) is 19.6 Å². The van der Waals surface area contributed by atoms with Crippen molar-refractivity contribution in [3.63, 3.8) is 0 Å². The third kappa shape index (κ3) is 4.10. The molecule has 0 fully saturated rings. The van der Waals surface area contributed by atoms with Gasteiger partial charge in [-0.25, -0.2) is 0 Å². The van der Waals surface area contributed by atoms with Gasteiger partial charge in [0.15, 0.2) is 0 Å². The van der Waals surface area contributed by atoms with Crippen molar-refractivity contribution >= 4 is 27.5 Å². The summed E-state index contributed by atoms with van der Waals surface area (Å²) in [7, 11) is 0. The van der Waals surface area contributed by atoms with Gasteiger partial charge >= 0.3 is 6.18 Å². The van der Waals surface area contributed by atoms with E-state index in [9.17, 15) is 18.0 Å². The zero-order chi connectivity index (χ0) is 15.6. The average Bonchev–Trinajstić information content (AvgIpc) is 2.79. The fourth-order valence-electron chi connectivity index (χ4n) is 1.87. The molecule has 1 N–H and O–H groups in total. The summed E-state index contributed by atoms with van der Waals surface area (Å²) >= 11 is 3.29. The Kier molecular flexibility index (Phi) is 4.41. The van der Waals surface area contributed by atoms with Crippen LogP contribution in [0.4, 0.5) is 18.9 Å². The Morgan fingerprint density at radius 3 is 2.71 bits per heavy atom. The van der Waals surface area contributed by atoms with Crippen molar-refractivity contribution in [2.75, 3.05) is 5.32 Å². The molecule has 0 bridgehead atoms. The second kappa shape index (κ2) is 5.93. The molecule has 0 radical (unpaired) electrons. The van der Waals surface area contributed by atoms with Gasteiger partial charge in [-0.2, -0.15) is 13.2 Å². The first kappa shape index (κ1) is 15.6. The summed E-state index contributed by atoms with van der Waals surface area (Å²) in [5, 5.41) is 2.61. The van der Waals surface area contributed by atoms with E-state index >= 15 is 0 Å². The van der Waals surface area contributed by atoms with E-state index in [0.717, 1.165) is 10.1 Å². The summed E-state index contributed by atoms with van der Waals surface area (Å²) < 4.78 is 38.9. The Labute approximate surface area is 127 Å². The quantitative estimate of drug-likeness (QED) is 0.865. The number of aryl methyl sites for hydroxylation is 1. The van der Waals surface area contributed by atoms with Gasteiger partial charge in [0.2, 0.25) is 0 Å². The zero-order valence-corrected chi connectivity index (χ0v) is 12.6. The number of alkyl halides is 3. The SMILES string of the molecule is Cc1ccc(Br)c(NC(=O)c2cccn2CC(F)(F)F)c1. The number of anilines is 1. The van der Waals surface area contributed by atoms with E-state index < -0.39 is 18.6 Å². The molecule has 21 heavy (non-hydrogen) atoms. The fourth-order valence-corrected chi connectivity index (χ4v) is 2.22. The number of carbonyl (C=O) groups excluding carboxylic acids is 1. The van der Waals surface area contributed by atoms with Gasteiger partial charge in [-0.15, -0.1) is 0 Å². The van der Waals surface area contributed by atoms with Crippen molar-refractivity contribution in [1.82, 2.24) is 4.57 Å². The van der Waals surface area contributed by atoms with Crippen molar-refractivity contribution in [3.05, 3.63) is 52.3 Å². The van der Waals surface area contributed by atoms with Crippen LogP contribution in [0.3, 0.4) is 0 Å². The Morgan fingerprint density at radius 2 is 2.05 bits per heavy atom. The van der Waals surface area contributed by atoms with Gasteiger partial charge in [-0.1, -0.05) is 6.07 Å². The number of hydrogen-bond donors (Lipinski definition) is 1. The minimum Gasteiger partial charge on any atom is -0.334 e. The topological polar surface area (TPSA) is 34.0 Å². The van der Waals surface area contributed by atoms with Gasteiger partial charge in [0.25, 0.3) is 5.91 Å². The predicted molar refractivity (Wildman–Crippen MR) is 77.3 cm³/mol. The molecule has 0 aliphatic heterocycles. The highest BCUT2D eigenvalue weighted by Gasteiger charge is 2.29.